The van der Waals surface area contributed by atoms with Gasteiger partial charge in [-0.25, -0.2) is 13.2 Å². The number of anilines is 1. The standard InChI is InChI=1S/C18H22N4O4S/c23-18(21-17-6-3-7-19-13-17)20-12-15-4-1-2-5-16(15)14-27(24,25)22-8-10-26-11-9-22/h1-7,13H,8-12,14H2,(H2,20,21,23). The Kier molecular flexibility index (Phi) is 6.38. The summed E-state index contributed by atoms with van der Waals surface area (Å²) in [7, 11) is -3.43. The molecule has 0 bridgehead atoms. The van der Waals surface area contributed by atoms with Crippen LogP contribution in [0.3, 0.4) is 0 Å². The molecular formula is C18H22N4O4S. The Morgan fingerprint density at radius 2 is 1.85 bits per heavy atom. The third kappa shape index (κ3) is 5.49. The van der Waals surface area contributed by atoms with Crippen molar-refractivity contribution in [2.75, 3.05) is 31.6 Å². The summed E-state index contributed by atoms with van der Waals surface area (Å²) < 4.78 is 32.0. The monoisotopic (exact) mass is 390 g/mol. The molecule has 2 N–H and O–H groups in total. The van der Waals surface area contributed by atoms with Crippen LogP contribution >= 0.6 is 0 Å². The van der Waals surface area contributed by atoms with Gasteiger partial charge < -0.3 is 15.4 Å². The Balaban J connectivity index is 1.62. The first-order valence-corrected chi connectivity index (χ1v) is 10.2. The number of hydrogen-bond donors (Lipinski definition) is 2. The van der Waals surface area contributed by atoms with E-state index in [9.17, 15) is 13.2 Å². The molecule has 144 valence electrons. The summed E-state index contributed by atoms with van der Waals surface area (Å²) in [5.41, 5.74) is 2.01. The number of ether oxygens (including phenoxy) is 1. The van der Waals surface area contributed by atoms with Crippen molar-refractivity contribution in [1.29, 1.82) is 0 Å². The first-order chi connectivity index (χ1) is 13.0. The van der Waals surface area contributed by atoms with E-state index < -0.39 is 10.0 Å². The van der Waals surface area contributed by atoms with Crippen molar-refractivity contribution in [3.63, 3.8) is 0 Å². The molecule has 0 aliphatic carbocycles. The van der Waals surface area contributed by atoms with Gasteiger partial charge in [0.1, 0.15) is 0 Å². The highest BCUT2D eigenvalue weighted by molar-refractivity contribution is 7.88. The molecule has 0 unspecified atom stereocenters. The molecule has 1 aromatic carbocycles. The van der Waals surface area contributed by atoms with Gasteiger partial charge >= 0.3 is 6.03 Å². The van der Waals surface area contributed by atoms with Crippen molar-refractivity contribution in [3.8, 4) is 0 Å². The van der Waals surface area contributed by atoms with Crippen LogP contribution in [0.25, 0.3) is 0 Å². The van der Waals surface area contributed by atoms with Gasteiger partial charge in [0.2, 0.25) is 10.0 Å². The number of pyridine rings is 1. The zero-order valence-corrected chi connectivity index (χ0v) is 15.6. The minimum absolute atomic E-state index is 0.102. The smallest absolute Gasteiger partial charge is 0.319 e. The van der Waals surface area contributed by atoms with Crippen LogP contribution in [0, 0.1) is 0 Å². The SMILES string of the molecule is O=C(NCc1ccccc1CS(=O)(=O)N1CCOCC1)Nc1cccnc1. The van der Waals surface area contributed by atoms with E-state index in [1.165, 1.54) is 4.31 Å². The lowest BCUT2D eigenvalue weighted by atomic mass is 10.1. The maximum atomic E-state index is 12.7. The van der Waals surface area contributed by atoms with Crippen molar-refractivity contribution < 1.29 is 17.9 Å². The third-order valence-corrected chi connectivity index (χ3v) is 6.01. The zero-order chi connectivity index (χ0) is 19.1. The van der Waals surface area contributed by atoms with Gasteiger partial charge in [-0.2, -0.15) is 4.31 Å². The normalized spacial score (nSPS) is 15.3. The summed E-state index contributed by atoms with van der Waals surface area (Å²) >= 11 is 0. The number of morpholine rings is 1. The van der Waals surface area contributed by atoms with Gasteiger partial charge in [0, 0.05) is 25.8 Å². The van der Waals surface area contributed by atoms with Crippen LogP contribution in [0.2, 0.25) is 0 Å². The van der Waals surface area contributed by atoms with E-state index in [-0.39, 0.29) is 18.3 Å². The van der Waals surface area contributed by atoms with Gasteiger partial charge in [-0.05, 0) is 23.3 Å². The lowest BCUT2D eigenvalue weighted by Crippen LogP contribution is -2.41. The van der Waals surface area contributed by atoms with E-state index in [0.29, 0.717) is 37.6 Å². The summed E-state index contributed by atoms with van der Waals surface area (Å²) in [6.45, 7) is 1.79. The average Bonchev–Trinajstić information content (AvgIpc) is 2.68. The maximum absolute atomic E-state index is 12.7. The maximum Gasteiger partial charge on any atom is 0.319 e. The number of urea groups is 1. The molecule has 0 atom stereocenters. The molecule has 1 aliphatic rings. The molecule has 27 heavy (non-hydrogen) atoms. The fourth-order valence-electron chi connectivity index (χ4n) is 2.77. The molecule has 1 aromatic heterocycles. The highest BCUT2D eigenvalue weighted by atomic mass is 32.2. The van der Waals surface area contributed by atoms with Crippen LogP contribution in [-0.4, -0.2) is 50.0 Å². The molecule has 1 fully saturated rings. The molecule has 1 saturated heterocycles. The van der Waals surface area contributed by atoms with Crippen LogP contribution in [0.4, 0.5) is 10.5 Å². The minimum Gasteiger partial charge on any atom is -0.379 e. The number of carbonyl (C=O) groups is 1. The van der Waals surface area contributed by atoms with E-state index in [1.807, 2.05) is 12.1 Å². The van der Waals surface area contributed by atoms with Crippen LogP contribution in [0.15, 0.2) is 48.8 Å². The number of benzene rings is 1. The number of nitrogens with zero attached hydrogens (tertiary/aromatic N) is 2. The summed E-state index contributed by atoms with van der Waals surface area (Å²) in [4.78, 5) is 16.0. The van der Waals surface area contributed by atoms with E-state index in [1.54, 1.807) is 36.7 Å². The molecule has 1 aliphatic heterocycles. The predicted octanol–water partition coefficient (Wildman–Crippen LogP) is 1.57. The Morgan fingerprint density at radius 1 is 1.11 bits per heavy atom. The predicted molar refractivity (Wildman–Crippen MR) is 102 cm³/mol. The molecule has 2 amide bonds. The van der Waals surface area contributed by atoms with Crippen LogP contribution in [0.5, 0.6) is 0 Å². The van der Waals surface area contributed by atoms with Gasteiger partial charge in [-0.15, -0.1) is 0 Å². The molecule has 0 spiro atoms. The third-order valence-electron chi connectivity index (χ3n) is 4.18. The molecular weight excluding hydrogens is 368 g/mol. The second-order valence-electron chi connectivity index (χ2n) is 6.09. The van der Waals surface area contributed by atoms with Crippen molar-refractivity contribution in [2.45, 2.75) is 12.3 Å². The number of nitrogens with one attached hydrogen (secondary N) is 2. The number of amides is 2. The van der Waals surface area contributed by atoms with E-state index in [4.69, 9.17) is 4.74 Å². The minimum atomic E-state index is -3.43. The lowest BCUT2D eigenvalue weighted by molar-refractivity contribution is 0.0729. The lowest BCUT2D eigenvalue weighted by Gasteiger charge is -2.26. The molecule has 0 radical (unpaired) electrons. The summed E-state index contributed by atoms with van der Waals surface area (Å²) in [5.74, 6) is -0.102. The van der Waals surface area contributed by atoms with Crippen LogP contribution < -0.4 is 10.6 Å². The molecule has 3 rings (SSSR count). The zero-order valence-electron chi connectivity index (χ0n) is 14.8. The topological polar surface area (TPSA) is 101 Å². The average molecular weight is 390 g/mol. The molecule has 8 nitrogen and oxygen atoms in total. The largest absolute Gasteiger partial charge is 0.379 e. The highest BCUT2D eigenvalue weighted by Crippen LogP contribution is 2.16. The number of aromatic nitrogens is 1. The Morgan fingerprint density at radius 3 is 2.56 bits per heavy atom. The first kappa shape index (κ1) is 19.3. The first-order valence-electron chi connectivity index (χ1n) is 8.62. The van der Waals surface area contributed by atoms with Gasteiger partial charge in [0.05, 0.1) is 30.9 Å². The Bertz CT molecular complexity index is 868. The number of rotatable bonds is 6. The summed E-state index contributed by atoms with van der Waals surface area (Å²) in [6.07, 6.45) is 3.16. The summed E-state index contributed by atoms with van der Waals surface area (Å²) in [6, 6.07) is 10.3. The van der Waals surface area contributed by atoms with Gasteiger partial charge in [-0.1, -0.05) is 24.3 Å². The number of carbonyl (C=O) groups excluding carboxylic acids is 1. The second-order valence-corrected chi connectivity index (χ2v) is 8.05. The second kappa shape index (κ2) is 8.94. The quantitative estimate of drug-likeness (QED) is 0.780. The summed E-state index contributed by atoms with van der Waals surface area (Å²) in [5, 5.41) is 5.43. The van der Waals surface area contributed by atoms with Crippen molar-refractivity contribution in [3.05, 3.63) is 59.9 Å². The van der Waals surface area contributed by atoms with Crippen molar-refractivity contribution in [1.82, 2.24) is 14.6 Å². The van der Waals surface area contributed by atoms with E-state index in [0.717, 1.165) is 5.56 Å². The Labute approximate surface area is 158 Å². The van der Waals surface area contributed by atoms with Crippen molar-refractivity contribution in [2.24, 2.45) is 0 Å². The molecule has 2 heterocycles. The van der Waals surface area contributed by atoms with E-state index >= 15 is 0 Å². The van der Waals surface area contributed by atoms with Gasteiger partial charge in [0.15, 0.2) is 0 Å². The van der Waals surface area contributed by atoms with Crippen LogP contribution in [0.1, 0.15) is 11.1 Å². The molecule has 0 saturated carbocycles. The van der Waals surface area contributed by atoms with Gasteiger partial charge in [-0.3, -0.25) is 4.98 Å². The number of hydrogen-bond acceptors (Lipinski definition) is 5. The van der Waals surface area contributed by atoms with E-state index in [2.05, 4.69) is 15.6 Å². The Hall–Kier alpha value is -2.49. The fraction of sp³-hybridized carbons (Fsp3) is 0.333. The van der Waals surface area contributed by atoms with Crippen molar-refractivity contribution >= 4 is 21.7 Å². The molecule has 9 heteroatoms. The number of sulfonamides is 1. The molecule has 2 aromatic rings. The van der Waals surface area contributed by atoms with Gasteiger partial charge in [0.25, 0.3) is 0 Å². The van der Waals surface area contributed by atoms with Crippen LogP contribution in [-0.2, 0) is 27.1 Å². The highest BCUT2D eigenvalue weighted by Gasteiger charge is 2.25. The fourth-order valence-corrected chi connectivity index (χ4v) is 4.33.